The van der Waals surface area contributed by atoms with Gasteiger partial charge in [0.25, 0.3) is 5.69 Å². The minimum absolute atomic E-state index is 0.0613. The fourth-order valence-corrected chi connectivity index (χ4v) is 1.71. The van der Waals surface area contributed by atoms with Crippen molar-refractivity contribution in [3.05, 3.63) is 46.0 Å². The predicted octanol–water partition coefficient (Wildman–Crippen LogP) is 2.58. The van der Waals surface area contributed by atoms with Crippen molar-refractivity contribution in [3.63, 3.8) is 0 Å². The maximum atomic E-state index is 10.9. The summed E-state index contributed by atoms with van der Waals surface area (Å²) in [5, 5.41) is 10.9. The van der Waals surface area contributed by atoms with E-state index in [2.05, 4.69) is 4.98 Å². The summed E-state index contributed by atoms with van der Waals surface area (Å²) in [6.07, 6.45) is 1.53. The van der Waals surface area contributed by atoms with Crippen LogP contribution in [0.15, 0.2) is 28.8 Å². The van der Waals surface area contributed by atoms with Crippen LogP contribution < -0.4 is 5.73 Å². The van der Waals surface area contributed by atoms with E-state index in [4.69, 9.17) is 10.2 Å². The molecule has 0 amide bonds. The average Bonchev–Trinajstić information content (AvgIpc) is 2.78. The van der Waals surface area contributed by atoms with Crippen LogP contribution in [0.1, 0.15) is 24.4 Å². The summed E-state index contributed by atoms with van der Waals surface area (Å²) in [7, 11) is 0. The summed E-state index contributed by atoms with van der Waals surface area (Å²) in [4.78, 5) is 14.5. The monoisotopic (exact) mass is 247 g/mol. The number of nitro benzene ring substituents is 1. The minimum Gasteiger partial charge on any atom is -0.439 e. The number of benzene rings is 1. The first kappa shape index (κ1) is 12.3. The van der Waals surface area contributed by atoms with Crippen LogP contribution >= 0.6 is 0 Å². The fraction of sp³-hybridized carbons (Fsp3) is 0.250. The molecule has 0 spiro atoms. The number of aromatic nitrogens is 1. The highest BCUT2D eigenvalue weighted by Gasteiger charge is 2.17. The molecular weight excluding hydrogens is 234 g/mol. The Hall–Kier alpha value is -2.21. The first-order valence-corrected chi connectivity index (χ1v) is 5.46. The van der Waals surface area contributed by atoms with Gasteiger partial charge in [0.15, 0.2) is 5.76 Å². The van der Waals surface area contributed by atoms with Crippen LogP contribution in [0.5, 0.6) is 0 Å². The quantitative estimate of drug-likeness (QED) is 0.664. The SMILES string of the molecule is Cc1c(-c2cnc(C(C)N)o2)cccc1[N+](=O)[O-]. The Morgan fingerprint density at radius 2 is 2.22 bits per heavy atom. The molecular formula is C12H13N3O3. The van der Waals surface area contributed by atoms with Gasteiger partial charge < -0.3 is 10.2 Å². The number of nitrogens with two attached hydrogens (primary N) is 1. The molecule has 1 heterocycles. The topological polar surface area (TPSA) is 95.2 Å². The summed E-state index contributed by atoms with van der Waals surface area (Å²) in [6.45, 7) is 3.44. The lowest BCUT2D eigenvalue weighted by Gasteiger charge is -2.03. The van der Waals surface area contributed by atoms with Crippen LogP contribution in [-0.4, -0.2) is 9.91 Å². The van der Waals surface area contributed by atoms with E-state index in [0.29, 0.717) is 22.8 Å². The van der Waals surface area contributed by atoms with Gasteiger partial charge in [-0.15, -0.1) is 0 Å². The van der Waals surface area contributed by atoms with Crippen LogP contribution in [-0.2, 0) is 0 Å². The molecule has 2 aromatic rings. The molecule has 0 aliphatic carbocycles. The van der Waals surface area contributed by atoms with Gasteiger partial charge in [-0.05, 0) is 13.8 Å². The van der Waals surface area contributed by atoms with Gasteiger partial charge in [-0.2, -0.15) is 0 Å². The van der Waals surface area contributed by atoms with E-state index < -0.39 is 4.92 Å². The third-order valence-corrected chi connectivity index (χ3v) is 2.68. The zero-order chi connectivity index (χ0) is 13.3. The Morgan fingerprint density at radius 1 is 1.50 bits per heavy atom. The van der Waals surface area contributed by atoms with Crippen LogP contribution in [0.4, 0.5) is 5.69 Å². The number of rotatable bonds is 3. The molecule has 0 radical (unpaired) electrons. The van der Waals surface area contributed by atoms with Crippen molar-refractivity contribution < 1.29 is 9.34 Å². The lowest BCUT2D eigenvalue weighted by atomic mass is 10.1. The molecule has 1 unspecified atom stereocenters. The van der Waals surface area contributed by atoms with Gasteiger partial charge in [-0.3, -0.25) is 10.1 Å². The lowest BCUT2D eigenvalue weighted by Crippen LogP contribution is -2.04. The Bertz CT molecular complexity index is 590. The molecule has 6 heteroatoms. The molecule has 0 saturated carbocycles. The molecule has 6 nitrogen and oxygen atoms in total. The third-order valence-electron chi connectivity index (χ3n) is 2.68. The molecule has 0 aliphatic heterocycles. The summed E-state index contributed by atoms with van der Waals surface area (Å²) in [5.74, 6) is 0.902. The highest BCUT2D eigenvalue weighted by Crippen LogP contribution is 2.30. The maximum absolute atomic E-state index is 10.9. The molecule has 18 heavy (non-hydrogen) atoms. The van der Waals surface area contributed by atoms with E-state index in [0.717, 1.165) is 0 Å². The number of hydrogen-bond acceptors (Lipinski definition) is 5. The summed E-state index contributed by atoms with van der Waals surface area (Å²) in [6, 6.07) is 4.53. The fourth-order valence-electron chi connectivity index (χ4n) is 1.71. The molecule has 0 bridgehead atoms. The van der Waals surface area contributed by atoms with E-state index in [1.807, 2.05) is 0 Å². The van der Waals surface area contributed by atoms with Gasteiger partial charge >= 0.3 is 0 Å². The van der Waals surface area contributed by atoms with Crippen molar-refractivity contribution in [2.24, 2.45) is 5.73 Å². The number of nitrogens with zero attached hydrogens (tertiary/aromatic N) is 2. The molecule has 0 saturated heterocycles. The zero-order valence-corrected chi connectivity index (χ0v) is 10.1. The van der Waals surface area contributed by atoms with Gasteiger partial charge in [-0.25, -0.2) is 4.98 Å². The number of nitro groups is 1. The molecule has 1 aromatic heterocycles. The largest absolute Gasteiger partial charge is 0.439 e. The standard InChI is InChI=1S/C12H13N3O3/c1-7-9(4-3-5-10(7)15(16)17)11-6-14-12(18-11)8(2)13/h3-6,8H,13H2,1-2H3. The van der Waals surface area contributed by atoms with Crippen molar-refractivity contribution in [3.8, 4) is 11.3 Å². The average molecular weight is 247 g/mol. The molecule has 0 fully saturated rings. The van der Waals surface area contributed by atoms with Gasteiger partial charge in [0.1, 0.15) is 0 Å². The first-order chi connectivity index (χ1) is 8.50. The smallest absolute Gasteiger partial charge is 0.273 e. The van der Waals surface area contributed by atoms with Gasteiger partial charge in [0, 0.05) is 17.2 Å². The van der Waals surface area contributed by atoms with Crippen molar-refractivity contribution in [1.82, 2.24) is 4.98 Å². The molecule has 2 N–H and O–H groups in total. The van der Waals surface area contributed by atoms with Crippen LogP contribution in [0.3, 0.4) is 0 Å². The highest BCUT2D eigenvalue weighted by atomic mass is 16.6. The second-order valence-corrected chi connectivity index (χ2v) is 4.06. The van der Waals surface area contributed by atoms with E-state index in [1.165, 1.54) is 12.3 Å². The summed E-state index contributed by atoms with van der Waals surface area (Å²) in [5.41, 5.74) is 6.93. The second-order valence-electron chi connectivity index (χ2n) is 4.06. The molecule has 1 aromatic carbocycles. The van der Waals surface area contributed by atoms with E-state index in [-0.39, 0.29) is 11.7 Å². The van der Waals surface area contributed by atoms with Gasteiger partial charge in [-0.1, -0.05) is 12.1 Å². The highest BCUT2D eigenvalue weighted by molar-refractivity contribution is 5.66. The van der Waals surface area contributed by atoms with Gasteiger partial charge in [0.05, 0.1) is 17.2 Å². The Labute approximate surface area is 104 Å². The molecule has 0 aliphatic rings. The summed E-state index contributed by atoms with van der Waals surface area (Å²) >= 11 is 0. The van der Waals surface area contributed by atoms with Crippen molar-refractivity contribution in [1.29, 1.82) is 0 Å². The third kappa shape index (κ3) is 2.10. The van der Waals surface area contributed by atoms with E-state index >= 15 is 0 Å². The van der Waals surface area contributed by atoms with Crippen molar-refractivity contribution >= 4 is 5.69 Å². The van der Waals surface area contributed by atoms with Gasteiger partial charge in [0.2, 0.25) is 5.89 Å². The minimum atomic E-state index is -0.415. The molecule has 2 rings (SSSR count). The maximum Gasteiger partial charge on any atom is 0.273 e. The first-order valence-electron chi connectivity index (χ1n) is 5.46. The van der Waals surface area contributed by atoms with Crippen LogP contribution in [0.25, 0.3) is 11.3 Å². The number of oxazole rings is 1. The number of hydrogen-bond donors (Lipinski definition) is 1. The van der Waals surface area contributed by atoms with Crippen molar-refractivity contribution in [2.75, 3.05) is 0 Å². The predicted molar refractivity (Wildman–Crippen MR) is 65.9 cm³/mol. The lowest BCUT2D eigenvalue weighted by molar-refractivity contribution is -0.385. The zero-order valence-electron chi connectivity index (χ0n) is 10.1. The Morgan fingerprint density at radius 3 is 2.78 bits per heavy atom. The van der Waals surface area contributed by atoms with Crippen LogP contribution in [0.2, 0.25) is 0 Å². The normalized spacial score (nSPS) is 12.4. The van der Waals surface area contributed by atoms with Crippen LogP contribution in [0, 0.1) is 17.0 Å². The molecule has 1 atom stereocenters. The van der Waals surface area contributed by atoms with Crippen molar-refractivity contribution in [2.45, 2.75) is 19.9 Å². The Balaban J connectivity index is 2.50. The van der Waals surface area contributed by atoms with E-state index in [1.54, 1.807) is 26.0 Å². The Kier molecular flexibility index (Phi) is 3.12. The molecule has 94 valence electrons. The van der Waals surface area contributed by atoms with E-state index in [9.17, 15) is 10.1 Å². The summed E-state index contributed by atoms with van der Waals surface area (Å²) < 4.78 is 5.49. The second kappa shape index (κ2) is 4.58.